The van der Waals surface area contributed by atoms with Crippen LogP contribution in [0, 0.1) is 0 Å². The molecule has 6 nitrogen and oxygen atoms in total. The van der Waals surface area contributed by atoms with Crippen molar-refractivity contribution in [3.05, 3.63) is 41.7 Å². The van der Waals surface area contributed by atoms with Gasteiger partial charge in [0.25, 0.3) is 0 Å². The molecule has 0 radical (unpaired) electrons. The van der Waals surface area contributed by atoms with E-state index in [-0.39, 0.29) is 0 Å². The quantitative estimate of drug-likeness (QED) is 0.762. The third-order valence-electron chi connectivity index (χ3n) is 4.97. The Morgan fingerprint density at radius 2 is 2.00 bits per heavy atom. The Kier molecular flexibility index (Phi) is 6.27. The molecule has 0 spiro atoms. The van der Waals surface area contributed by atoms with Gasteiger partial charge in [0.2, 0.25) is 0 Å². The molecule has 6 heteroatoms. The predicted molar refractivity (Wildman–Crippen MR) is 103 cm³/mol. The van der Waals surface area contributed by atoms with E-state index in [9.17, 15) is 0 Å². The molecule has 1 unspecified atom stereocenters. The van der Waals surface area contributed by atoms with Crippen LogP contribution in [0.5, 0.6) is 5.75 Å². The molecule has 1 fully saturated rings. The lowest BCUT2D eigenvalue weighted by molar-refractivity contribution is 0.0717. The van der Waals surface area contributed by atoms with E-state index in [1.54, 1.807) is 0 Å². The van der Waals surface area contributed by atoms with E-state index in [2.05, 4.69) is 65.3 Å². The van der Waals surface area contributed by atoms with Crippen LogP contribution in [0.2, 0.25) is 0 Å². The van der Waals surface area contributed by atoms with E-state index in [1.165, 1.54) is 5.56 Å². The lowest BCUT2D eigenvalue weighted by atomic mass is 10.1. The molecule has 0 N–H and O–H groups in total. The summed E-state index contributed by atoms with van der Waals surface area (Å²) in [6.07, 6.45) is 2.07. The molecule has 26 heavy (non-hydrogen) atoms. The Morgan fingerprint density at radius 3 is 2.69 bits per heavy atom. The molecule has 142 valence electrons. The number of hydrogen-bond acceptors (Lipinski definition) is 5. The van der Waals surface area contributed by atoms with E-state index in [0.29, 0.717) is 18.7 Å². The van der Waals surface area contributed by atoms with Gasteiger partial charge in [-0.2, -0.15) is 0 Å². The number of benzene rings is 1. The molecule has 1 aliphatic rings. The van der Waals surface area contributed by atoms with Gasteiger partial charge in [-0.15, -0.1) is 5.10 Å². The van der Waals surface area contributed by atoms with Crippen molar-refractivity contribution in [3.8, 4) is 5.75 Å². The molecule has 1 atom stereocenters. The third-order valence-corrected chi connectivity index (χ3v) is 4.97. The Hall–Kier alpha value is -1.92. The van der Waals surface area contributed by atoms with Crippen LogP contribution in [0.4, 0.5) is 0 Å². The molecule has 1 aliphatic heterocycles. The van der Waals surface area contributed by atoms with Crippen LogP contribution in [0.3, 0.4) is 0 Å². The normalized spacial score (nSPS) is 19.2. The fraction of sp³-hybridized carbons (Fsp3) is 0.600. The van der Waals surface area contributed by atoms with Crippen LogP contribution in [0.25, 0.3) is 0 Å². The predicted octanol–water partition coefficient (Wildman–Crippen LogP) is 2.96. The van der Waals surface area contributed by atoms with Crippen molar-refractivity contribution in [1.82, 2.24) is 24.8 Å². The summed E-state index contributed by atoms with van der Waals surface area (Å²) in [6.45, 7) is 14.3. The van der Waals surface area contributed by atoms with Crippen molar-refractivity contribution < 1.29 is 4.74 Å². The first-order valence-corrected chi connectivity index (χ1v) is 9.64. The highest BCUT2D eigenvalue weighted by atomic mass is 16.5. The summed E-state index contributed by atoms with van der Waals surface area (Å²) in [6, 6.07) is 9.22. The summed E-state index contributed by atoms with van der Waals surface area (Å²) in [4.78, 5) is 5.02. The first kappa shape index (κ1) is 18.9. The van der Waals surface area contributed by atoms with Crippen LogP contribution in [0.1, 0.15) is 45.0 Å². The van der Waals surface area contributed by atoms with Crippen LogP contribution in [0.15, 0.2) is 30.5 Å². The SMILES string of the molecule is CCOc1ccccc1CN1CCN(Cc2cn(C(C)C)nn2)C(C)C1. The highest BCUT2D eigenvalue weighted by molar-refractivity contribution is 5.33. The third kappa shape index (κ3) is 4.62. The van der Waals surface area contributed by atoms with E-state index < -0.39 is 0 Å². The molecule has 2 heterocycles. The van der Waals surface area contributed by atoms with Gasteiger partial charge in [0.1, 0.15) is 5.75 Å². The van der Waals surface area contributed by atoms with Gasteiger partial charge in [0.05, 0.1) is 18.5 Å². The standard InChI is InChI=1S/C20H31N5O/c1-5-26-20-9-7-6-8-18(20)13-23-10-11-24(17(4)12-23)14-19-15-25(16(2)3)22-21-19/h6-9,15-17H,5,10-14H2,1-4H3. The minimum absolute atomic E-state index is 0.357. The average Bonchev–Trinajstić information content (AvgIpc) is 3.08. The van der Waals surface area contributed by atoms with Gasteiger partial charge < -0.3 is 4.74 Å². The zero-order valence-corrected chi connectivity index (χ0v) is 16.4. The van der Waals surface area contributed by atoms with Crippen molar-refractivity contribution >= 4 is 0 Å². The summed E-state index contributed by atoms with van der Waals surface area (Å²) >= 11 is 0. The summed E-state index contributed by atoms with van der Waals surface area (Å²) in [5.74, 6) is 1.01. The summed E-state index contributed by atoms with van der Waals surface area (Å²) in [5, 5.41) is 8.55. The fourth-order valence-electron chi connectivity index (χ4n) is 3.47. The molecule has 0 amide bonds. The zero-order valence-electron chi connectivity index (χ0n) is 16.4. The maximum atomic E-state index is 5.77. The number of piperazine rings is 1. The van der Waals surface area contributed by atoms with Crippen LogP contribution < -0.4 is 4.74 Å². The maximum Gasteiger partial charge on any atom is 0.123 e. The number of ether oxygens (including phenoxy) is 1. The zero-order chi connectivity index (χ0) is 18.5. The van der Waals surface area contributed by atoms with Gasteiger partial charge in [-0.1, -0.05) is 23.4 Å². The van der Waals surface area contributed by atoms with E-state index in [1.807, 2.05) is 17.7 Å². The van der Waals surface area contributed by atoms with Crippen molar-refractivity contribution in [3.63, 3.8) is 0 Å². The van der Waals surface area contributed by atoms with Gasteiger partial charge >= 0.3 is 0 Å². The second-order valence-electron chi connectivity index (χ2n) is 7.38. The highest BCUT2D eigenvalue weighted by Gasteiger charge is 2.25. The lowest BCUT2D eigenvalue weighted by Crippen LogP contribution is -2.50. The fourth-order valence-corrected chi connectivity index (χ4v) is 3.47. The minimum atomic E-state index is 0.357. The molecule has 1 saturated heterocycles. The van der Waals surface area contributed by atoms with Crippen LogP contribution >= 0.6 is 0 Å². The average molecular weight is 358 g/mol. The Morgan fingerprint density at radius 1 is 1.19 bits per heavy atom. The van der Waals surface area contributed by atoms with Crippen molar-refractivity contribution in [1.29, 1.82) is 0 Å². The highest BCUT2D eigenvalue weighted by Crippen LogP contribution is 2.22. The Bertz CT molecular complexity index is 699. The van der Waals surface area contributed by atoms with Gasteiger partial charge in [-0.25, -0.2) is 4.68 Å². The molecule has 3 rings (SSSR count). The molecule has 0 aliphatic carbocycles. The van der Waals surface area contributed by atoms with E-state index in [0.717, 1.165) is 44.2 Å². The minimum Gasteiger partial charge on any atom is -0.494 e. The van der Waals surface area contributed by atoms with Crippen molar-refractivity contribution in [2.24, 2.45) is 0 Å². The van der Waals surface area contributed by atoms with E-state index >= 15 is 0 Å². The van der Waals surface area contributed by atoms with Gasteiger partial charge in [-0.3, -0.25) is 9.80 Å². The van der Waals surface area contributed by atoms with E-state index in [4.69, 9.17) is 4.74 Å². The molecule has 1 aromatic heterocycles. The molecule has 2 aromatic rings. The number of aromatic nitrogens is 3. The first-order chi connectivity index (χ1) is 12.6. The molecule has 0 saturated carbocycles. The number of para-hydroxylation sites is 1. The Labute approximate surface area is 156 Å². The largest absolute Gasteiger partial charge is 0.494 e. The molecule has 1 aromatic carbocycles. The van der Waals surface area contributed by atoms with Gasteiger partial charge in [0, 0.05) is 50.4 Å². The summed E-state index contributed by atoms with van der Waals surface area (Å²) < 4.78 is 7.70. The Balaban J connectivity index is 1.56. The summed E-state index contributed by atoms with van der Waals surface area (Å²) in [5.41, 5.74) is 2.33. The monoisotopic (exact) mass is 357 g/mol. The maximum absolute atomic E-state index is 5.77. The first-order valence-electron chi connectivity index (χ1n) is 9.64. The number of hydrogen-bond donors (Lipinski definition) is 0. The lowest BCUT2D eigenvalue weighted by Gasteiger charge is -2.39. The number of rotatable bonds is 7. The number of nitrogens with zero attached hydrogens (tertiary/aromatic N) is 5. The van der Waals surface area contributed by atoms with Gasteiger partial charge in [0.15, 0.2) is 0 Å². The van der Waals surface area contributed by atoms with Crippen molar-refractivity contribution in [2.75, 3.05) is 26.2 Å². The molecular weight excluding hydrogens is 326 g/mol. The van der Waals surface area contributed by atoms with Crippen molar-refractivity contribution in [2.45, 2.75) is 52.9 Å². The second kappa shape index (κ2) is 8.64. The second-order valence-corrected chi connectivity index (χ2v) is 7.38. The topological polar surface area (TPSA) is 46.4 Å². The smallest absolute Gasteiger partial charge is 0.123 e. The summed E-state index contributed by atoms with van der Waals surface area (Å²) in [7, 11) is 0. The van der Waals surface area contributed by atoms with Crippen LogP contribution in [-0.4, -0.2) is 57.1 Å². The van der Waals surface area contributed by atoms with Crippen LogP contribution in [-0.2, 0) is 13.1 Å². The molecular formula is C20H31N5O. The molecule has 0 bridgehead atoms. The van der Waals surface area contributed by atoms with Gasteiger partial charge in [-0.05, 0) is 33.8 Å².